The lowest BCUT2D eigenvalue weighted by Crippen LogP contribution is -2.52. The first kappa shape index (κ1) is 21.3. The third-order valence-electron chi connectivity index (χ3n) is 6.77. The van der Waals surface area contributed by atoms with E-state index in [1.54, 1.807) is 0 Å². The van der Waals surface area contributed by atoms with Gasteiger partial charge >= 0.3 is 11.9 Å². The number of hydrogen-bond acceptors (Lipinski definition) is 5. The van der Waals surface area contributed by atoms with E-state index < -0.39 is 24.3 Å². The van der Waals surface area contributed by atoms with Gasteiger partial charge in [-0.05, 0) is 54.0 Å². The smallest absolute Gasteiger partial charge is 0.333 e. The Morgan fingerprint density at radius 2 is 1.58 bits per heavy atom. The van der Waals surface area contributed by atoms with Crippen LogP contribution in [0.4, 0.5) is 0 Å². The fraction of sp³-hybridized carbons (Fsp3) is 0.286. The zero-order valence-corrected chi connectivity index (χ0v) is 18.3. The highest BCUT2D eigenvalue weighted by molar-refractivity contribution is 5.92. The maximum absolute atomic E-state index is 12.4. The highest BCUT2D eigenvalue weighted by atomic mass is 16.6. The Morgan fingerprint density at radius 3 is 2.33 bits per heavy atom. The fourth-order valence-electron chi connectivity index (χ4n) is 5.32. The first-order valence-electron chi connectivity index (χ1n) is 11.5. The highest BCUT2D eigenvalue weighted by Gasteiger charge is 2.44. The minimum Gasteiger partial charge on any atom is -0.452 e. The Balaban J connectivity index is 1.51. The quantitative estimate of drug-likeness (QED) is 0.695. The molecule has 1 N–H and O–H groups in total. The van der Waals surface area contributed by atoms with Crippen LogP contribution in [0, 0.1) is 11.8 Å². The number of fused-ring (bicyclic) bond motifs is 1. The van der Waals surface area contributed by atoms with E-state index in [2.05, 4.69) is 53.9 Å². The zero-order valence-electron chi connectivity index (χ0n) is 18.3. The van der Waals surface area contributed by atoms with Gasteiger partial charge in [0, 0.05) is 18.1 Å². The molecule has 1 aliphatic carbocycles. The molecule has 5 heteroatoms. The molecule has 0 fully saturated rings. The maximum atomic E-state index is 12.4. The topological polar surface area (TPSA) is 64.6 Å². The Labute approximate surface area is 193 Å². The normalized spacial score (nSPS) is 28.7. The lowest BCUT2D eigenvalue weighted by molar-refractivity contribution is -0.171. The maximum Gasteiger partial charge on any atom is 0.333 e. The Bertz CT molecular complexity index is 1090. The van der Waals surface area contributed by atoms with E-state index in [-0.39, 0.29) is 11.8 Å². The number of ether oxygens (including phenoxy) is 2. The Morgan fingerprint density at radius 1 is 0.879 bits per heavy atom. The van der Waals surface area contributed by atoms with Gasteiger partial charge in [0.15, 0.2) is 6.10 Å². The largest absolute Gasteiger partial charge is 0.452 e. The second-order valence-corrected chi connectivity index (χ2v) is 8.77. The van der Waals surface area contributed by atoms with Crippen molar-refractivity contribution in [2.24, 2.45) is 11.8 Å². The van der Waals surface area contributed by atoms with Crippen LogP contribution in [0.15, 0.2) is 91.2 Å². The average molecular weight is 442 g/mol. The van der Waals surface area contributed by atoms with Crippen LogP contribution in [0.2, 0.25) is 0 Å². The number of allylic oxidation sites excluding steroid dienone is 2. The molecule has 5 nitrogen and oxygen atoms in total. The van der Waals surface area contributed by atoms with Gasteiger partial charge in [0.05, 0.1) is 0 Å². The van der Waals surface area contributed by atoms with E-state index in [1.807, 2.05) is 30.5 Å². The van der Waals surface area contributed by atoms with Crippen LogP contribution in [-0.2, 0) is 19.1 Å². The number of carbonyl (C=O) groups excluding carboxylic acids is 2. The van der Waals surface area contributed by atoms with E-state index in [0.717, 1.165) is 31.4 Å². The molecule has 0 aromatic heterocycles. The Kier molecular flexibility index (Phi) is 6.11. The van der Waals surface area contributed by atoms with Gasteiger partial charge in [0.25, 0.3) is 0 Å². The molecule has 0 spiro atoms. The van der Waals surface area contributed by atoms with Crippen LogP contribution < -0.4 is 5.32 Å². The molecule has 2 aliphatic heterocycles. The second kappa shape index (κ2) is 9.49. The molecule has 5 rings (SSSR count). The lowest BCUT2D eigenvalue weighted by atomic mass is 9.68. The van der Waals surface area contributed by atoms with E-state index in [0.29, 0.717) is 5.92 Å². The first-order valence-corrected chi connectivity index (χ1v) is 11.5. The summed E-state index contributed by atoms with van der Waals surface area (Å²) in [6.45, 7) is 0. The van der Waals surface area contributed by atoms with Gasteiger partial charge in [0.1, 0.15) is 0 Å². The van der Waals surface area contributed by atoms with E-state index in [4.69, 9.17) is 9.47 Å². The number of rotatable bonds is 4. The van der Waals surface area contributed by atoms with Gasteiger partial charge < -0.3 is 14.8 Å². The summed E-state index contributed by atoms with van der Waals surface area (Å²) in [7, 11) is 0. The van der Waals surface area contributed by atoms with Crippen molar-refractivity contribution in [3.63, 3.8) is 0 Å². The molecular formula is C28H27NO4. The number of carbonyl (C=O) groups is 2. The summed E-state index contributed by atoms with van der Waals surface area (Å²) in [5, 5.41) is 3.07. The summed E-state index contributed by atoms with van der Waals surface area (Å²) in [4.78, 5) is 24.5. The van der Waals surface area contributed by atoms with E-state index >= 15 is 0 Å². The van der Waals surface area contributed by atoms with Crippen molar-refractivity contribution in [2.45, 2.75) is 37.5 Å². The molecule has 2 heterocycles. The van der Waals surface area contributed by atoms with Crippen LogP contribution in [0.3, 0.4) is 0 Å². The minimum absolute atomic E-state index is 0.0966. The fourth-order valence-corrected chi connectivity index (χ4v) is 5.32. The van der Waals surface area contributed by atoms with Crippen LogP contribution >= 0.6 is 0 Å². The van der Waals surface area contributed by atoms with Crippen molar-refractivity contribution in [1.82, 2.24) is 5.32 Å². The summed E-state index contributed by atoms with van der Waals surface area (Å²) in [6, 6.07) is 20.9. The van der Waals surface area contributed by atoms with Crippen molar-refractivity contribution >= 4 is 17.5 Å². The van der Waals surface area contributed by atoms with Crippen LogP contribution in [-0.4, -0.2) is 24.3 Å². The molecule has 3 aliphatic rings. The van der Waals surface area contributed by atoms with E-state index in [1.165, 1.54) is 16.7 Å². The third-order valence-corrected chi connectivity index (χ3v) is 6.77. The summed E-state index contributed by atoms with van der Waals surface area (Å²) in [5.41, 5.74) is 3.81. The van der Waals surface area contributed by atoms with Gasteiger partial charge in [-0.3, -0.25) is 0 Å². The summed E-state index contributed by atoms with van der Waals surface area (Å²) < 4.78 is 11.4. The summed E-state index contributed by atoms with van der Waals surface area (Å²) in [5.74, 6) is -0.770. The van der Waals surface area contributed by atoms with Crippen molar-refractivity contribution in [2.75, 3.05) is 0 Å². The molecule has 33 heavy (non-hydrogen) atoms. The number of esters is 2. The van der Waals surface area contributed by atoms with Gasteiger partial charge in [-0.2, -0.15) is 0 Å². The minimum atomic E-state index is -0.722. The predicted octanol–water partition coefficient (Wildman–Crippen LogP) is 4.74. The van der Waals surface area contributed by atoms with Crippen molar-refractivity contribution in [1.29, 1.82) is 0 Å². The zero-order chi connectivity index (χ0) is 22.6. The monoisotopic (exact) mass is 441 g/mol. The number of benzene rings is 2. The molecule has 0 amide bonds. The molecule has 5 unspecified atom stereocenters. The van der Waals surface area contributed by atoms with Crippen molar-refractivity contribution in [3.05, 3.63) is 102 Å². The molecule has 5 atom stereocenters. The standard InChI is InChI=1S/C28H27NO4/c30-24-14-15-25(31)33-28-27(32-24)23(16-17-29-28)26(20-10-5-2-6-11-20)22-13-7-12-21(18-22)19-8-3-1-4-9-19/h1-6,8-12,14-17,22-23,26-29H,7,13,18H2/b15-14-. The number of hydrogen-bond donors (Lipinski definition) is 1. The molecule has 0 saturated carbocycles. The molecular weight excluding hydrogens is 414 g/mol. The number of nitrogens with one attached hydrogen (secondary N) is 1. The van der Waals surface area contributed by atoms with Crippen molar-refractivity contribution < 1.29 is 19.1 Å². The van der Waals surface area contributed by atoms with Gasteiger partial charge in [-0.15, -0.1) is 0 Å². The molecule has 2 aromatic carbocycles. The lowest BCUT2D eigenvalue weighted by Gasteiger charge is -2.42. The van der Waals surface area contributed by atoms with Crippen LogP contribution in [0.5, 0.6) is 0 Å². The molecule has 0 bridgehead atoms. The van der Waals surface area contributed by atoms with Gasteiger partial charge in [-0.1, -0.05) is 72.8 Å². The summed E-state index contributed by atoms with van der Waals surface area (Å²) >= 11 is 0. The van der Waals surface area contributed by atoms with Gasteiger partial charge in [0.2, 0.25) is 6.23 Å². The van der Waals surface area contributed by atoms with Crippen LogP contribution in [0.1, 0.15) is 36.3 Å². The molecule has 0 radical (unpaired) electrons. The second-order valence-electron chi connectivity index (χ2n) is 8.77. The van der Waals surface area contributed by atoms with Crippen LogP contribution in [0.25, 0.3) is 5.57 Å². The van der Waals surface area contributed by atoms with E-state index in [9.17, 15) is 9.59 Å². The first-order chi connectivity index (χ1) is 16.2. The molecule has 2 aromatic rings. The Hall–Kier alpha value is -3.60. The third kappa shape index (κ3) is 4.63. The summed E-state index contributed by atoms with van der Waals surface area (Å²) in [6.07, 6.45) is 10.1. The average Bonchev–Trinajstić information content (AvgIpc) is 2.85. The predicted molar refractivity (Wildman–Crippen MR) is 126 cm³/mol. The van der Waals surface area contributed by atoms with Gasteiger partial charge in [-0.25, -0.2) is 9.59 Å². The highest BCUT2D eigenvalue weighted by Crippen LogP contribution is 2.46. The molecule has 0 saturated heterocycles. The molecule has 168 valence electrons. The van der Waals surface area contributed by atoms with Crippen molar-refractivity contribution in [3.8, 4) is 0 Å². The SMILES string of the molecule is O=C1/C=C\C(=O)OC2C(NC=CC2C(c2ccccc2)C2CCC=C(c3ccccc3)C2)O1.